The second kappa shape index (κ2) is 30.4. The molecule has 0 fully saturated rings. The van der Waals surface area contributed by atoms with Gasteiger partial charge >= 0.3 is 45.4 Å². The molecule has 18 heavy (non-hydrogen) atoms. The summed E-state index contributed by atoms with van der Waals surface area (Å²) >= 11 is 0. The summed E-state index contributed by atoms with van der Waals surface area (Å²) in [6.45, 7) is 1.42. The SMILES string of the molecule is [NH-]CC[NH-].[NH-]CC[NH-].[NH-]CC[NH-].[Ni+2].[O-][Cl+](O)(O)O. The zero-order valence-electron chi connectivity index (χ0n) is 9.69. The molecule has 0 heterocycles. The number of hydrogen-bond donors (Lipinski definition) is 3. The van der Waals surface area contributed by atoms with Crippen molar-refractivity contribution in [3.63, 3.8) is 0 Å². The Bertz CT molecular complexity index is 91.1. The van der Waals surface area contributed by atoms with Crippen molar-refractivity contribution in [1.29, 1.82) is 0 Å². The van der Waals surface area contributed by atoms with Crippen molar-refractivity contribution in [2.24, 2.45) is 0 Å². The van der Waals surface area contributed by atoms with E-state index in [2.05, 4.69) is 0 Å². The molecule has 0 rings (SSSR count). The van der Waals surface area contributed by atoms with E-state index in [0.29, 0.717) is 0 Å². The third-order valence-corrected chi connectivity index (χ3v) is 0.375. The fourth-order valence-electron chi connectivity index (χ4n) is 0. The molecule has 0 saturated heterocycles. The molecular weight excluding hydrogens is 314 g/mol. The molecule has 0 aliphatic rings. The maximum absolute atomic E-state index is 8.83. The molecule has 0 aromatic rings. The molecular formula is C6H21ClN6NiO4-4. The van der Waals surface area contributed by atoms with Crippen LogP contribution in [0.25, 0.3) is 34.4 Å². The van der Waals surface area contributed by atoms with Crippen LogP contribution < -0.4 is 4.66 Å². The van der Waals surface area contributed by atoms with Crippen LogP contribution in [-0.4, -0.2) is 53.2 Å². The molecule has 0 aliphatic heterocycles. The van der Waals surface area contributed by atoms with Gasteiger partial charge in [-0.25, -0.2) is 0 Å². The molecule has 0 aromatic heterocycles. The van der Waals surface area contributed by atoms with E-state index >= 15 is 0 Å². The van der Waals surface area contributed by atoms with Gasteiger partial charge in [-0.2, -0.15) is 39.3 Å². The van der Waals surface area contributed by atoms with Gasteiger partial charge in [-0.1, -0.05) is 0 Å². The van der Waals surface area contributed by atoms with E-state index in [-0.39, 0.29) is 55.8 Å². The monoisotopic (exact) mass is 334 g/mol. The quantitative estimate of drug-likeness (QED) is 0.622. The summed E-state index contributed by atoms with van der Waals surface area (Å²) in [4.78, 5) is 0. The average molecular weight is 335 g/mol. The van der Waals surface area contributed by atoms with Crippen LogP contribution >= 0.6 is 0 Å². The van der Waals surface area contributed by atoms with Gasteiger partial charge < -0.3 is 34.4 Å². The first-order valence-electron chi connectivity index (χ1n) is 4.28. The van der Waals surface area contributed by atoms with Crippen molar-refractivity contribution in [1.82, 2.24) is 0 Å². The third kappa shape index (κ3) is 339. The van der Waals surface area contributed by atoms with E-state index in [0.717, 1.165) is 0 Å². The Hall–Kier alpha value is 0.384. The second-order valence-corrected chi connectivity index (χ2v) is 2.80. The summed E-state index contributed by atoms with van der Waals surface area (Å²) in [6.07, 6.45) is 0. The summed E-state index contributed by atoms with van der Waals surface area (Å²) < 4.78 is 30.2. The summed E-state index contributed by atoms with van der Waals surface area (Å²) in [5.41, 5.74) is 37.6. The van der Waals surface area contributed by atoms with E-state index < -0.39 is 10.2 Å². The van der Waals surface area contributed by atoms with Gasteiger partial charge in [0.2, 0.25) is 0 Å². The molecule has 0 radical (unpaired) electrons. The van der Waals surface area contributed by atoms with Gasteiger partial charge in [0.1, 0.15) is 0 Å². The molecule has 10 nitrogen and oxygen atoms in total. The Labute approximate surface area is 119 Å². The van der Waals surface area contributed by atoms with Crippen molar-refractivity contribution in [2.75, 3.05) is 39.3 Å². The van der Waals surface area contributed by atoms with Gasteiger partial charge in [0.25, 0.3) is 0 Å². The normalized spacial score (nSPS) is 9.22. The molecule has 0 aliphatic carbocycles. The van der Waals surface area contributed by atoms with Crippen molar-refractivity contribution in [3.8, 4) is 0 Å². The van der Waals surface area contributed by atoms with Gasteiger partial charge in [0.15, 0.2) is 0 Å². The molecule has 0 amide bonds. The first-order valence-corrected chi connectivity index (χ1v) is 5.61. The predicted octanol–water partition coefficient (Wildman–Crippen LogP) is 0.410. The number of hydrogen-bond acceptors (Lipinski definition) is 4. The molecule has 0 saturated carbocycles. The van der Waals surface area contributed by atoms with E-state index in [4.69, 9.17) is 53.0 Å². The molecule has 0 atom stereocenters. The van der Waals surface area contributed by atoms with E-state index in [1.54, 1.807) is 0 Å². The van der Waals surface area contributed by atoms with Gasteiger partial charge in [-0.15, -0.1) is 0 Å². The van der Waals surface area contributed by atoms with E-state index in [1.807, 2.05) is 0 Å². The standard InChI is InChI=1S/3C2H6N2.ClH3O4.Ni/c3*3-1-2-4;2-1(3,4)5;/h3*3-4H,1-2H2;2-4H;/q3*-2;;+2. The van der Waals surface area contributed by atoms with Crippen molar-refractivity contribution < 1.29 is 45.4 Å². The van der Waals surface area contributed by atoms with Crippen LogP contribution in [0, 0.1) is 10.2 Å². The van der Waals surface area contributed by atoms with Crippen LogP contribution in [0.15, 0.2) is 0 Å². The summed E-state index contributed by atoms with van der Waals surface area (Å²) in [5.74, 6) is 0. The molecule has 0 unspecified atom stereocenters. The number of rotatable bonds is 3. The Balaban J connectivity index is -0.0000000412. The topological polar surface area (TPSA) is 227 Å². The van der Waals surface area contributed by atoms with Crippen molar-refractivity contribution in [3.05, 3.63) is 34.4 Å². The van der Waals surface area contributed by atoms with Crippen LogP contribution in [-0.2, 0) is 16.5 Å². The van der Waals surface area contributed by atoms with Gasteiger partial charge in [0, 0.05) is 0 Å². The number of halogens is 1. The third-order valence-electron chi connectivity index (χ3n) is 0.375. The molecule has 0 aromatic carbocycles. The van der Waals surface area contributed by atoms with Gasteiger partial charge in [-0.05, 0) is 0 Å². The first kappa shape index (κ1) is 31.0. The summed E-state index contributed by atoms with van der Waals surface area (Å²) in [6, 6.07) is 0. The fourth-order valence-corrected chi connectivity index (χ4v) is 0. The molecule has 9 N–H and O–H groups in total. The molecule has 0 spiro atoms. The van der Waals surface area contributed by atoms with Crippen LogP contribution in [0.1, 0.15) is 0 Å². The zero-order chi connectivity index (χ0) is 14.7. The van der Waals surface area contributed by atoms with Crippen molar-refractivity contribution >= 4 is 0 Å². The predicted molar refractivity (Wildman–Crippen MR) is 61.8 cm³/mol. The average Bonchev–Trinajstić information content (AvgIpc) is 2.27. The zero-order valence-corrected chi connectivity index (χ0v) is 11.4. The summed E-state index contributed by atoms with van der Waals surface area (Å²) in [7, 11) is -4.19. The Morgan fingerprint density at radius 1 is 0.611 bits per heavy atom. The minimum atomic E-state index is -4.19. The molecule has 0 bridgehead atoms. The minimum absolute atomic E-state index is 0. The molecule has 12 heteroatoms. The number of nitrogens with one attached hydrogen (secondary N) is 6. The summed E-state index contributed by atoms with van der Waals surface area (Å²) in [5, 5.41) is 0. The molecule has 120 valence electrons. The Morgan fingerprint density at radius 3 is 0.667 bits per heavy atom. The van der Waals surface area contributed by atoms with Crippen LogP contribution in [0.2, 0.25) is 0 Å². The fraction of sp³-hybridized carbons (Fsp3) is 1.00. The first-order chi connectivity index (χ1) is 7.74. The van der Waals surface area contributed by atoms with Crippen LogP contribution in [0.3, 0.4) is 0 Å². The Kier molecular flexibility index (Phi) is 52.4. The second-order valence-electron chi connectivity index (χ2n) is 1.93. The van der Waals surface area contributed by atoms with Gasteiger partial charge in [-0.3, -0.25) is 0 Å². The van der Waals surface area contributed by atoms with Gasteiger partial charge in [0.05, 0.1) is 0 Å². The van der Waals surface area contributed by atoms with Crippen molar-refractivity contribution in [2.45, 2.75) is 0 Å². The Morgan fingerprint density at radius 2 is 0.667 bits per heavy atom. The maximum atomic E-state index is 8.83. The van der Waals surface area contributed by atoms with Crippen LogP contribution in [0.5, 0.6) is 0 Å². The van der Waals surface area contributed by atoms with E-state index in [1.165, 1.54) is 0 Å². The van der Waals surface area contributed by atoms with E-state index in [9.17, 15) is 0 Å². The van der Waals surface area contributed by atoms with Crippen LogP contribution in [0.4, 0.5) is 0 Å².